The van der Waals surface area contributed by atoms with Gasteiger partial charge in [0.2, 0.25) is 0 Å². The Hall–Kier alpha value is -2.47. The molecule has 0 spiro atoms. The molecule has 0 atom stereocenters. The van der Waals surface area contributed by atoms with Crippen LogP contribution >= 0.6 is 35.0 Å². The number of thioether (sulfide) groups is 1. The number of amidine groups is 1. The molecule has 2 aliphatic heterocycles. The van der Waals surface area contributed by atoms with Gasteiger partial charge in [0.1, 0.15) is 0 Å². The van der Waals surface area contributed by atoms with Gasteiger partial charge < -0.3 is 5.32 Å². The number of ketones is 1. The first kappa shape index (κ1) is 18.9. The number of allylic oxidation sites excluding steroid dienone is 2. The topological polar surface area (TPSA) is 44.7 Å². The van der Waals surface area contributed by atoms with Gasteiger partial charge in [0.25, 0.3) is 0 Å². The number of aliphatic imine (C=N–C) groups is 1. The van der Waals surface area contributed by atoms with E-state index >= 15 is 0 Å². The van der Waals surface area contributed by atoms with Crippen LogP contribution in [0, 0.1) is 0 Å². The smallest absolute Gasteiger partial charge is 0.173 e. The Labute approximate surface area is 177 Å². The number of Topliss-reactive ketones (excluding diaryl/α,β-unsaturated/α-hetero) is 1. The van der Waals surface area contributed by atoms with Crippen LogP contribution in [0.15, 0.2) is 89.5 Å². The lowest BCUT2D eigenvalue weighted by molar-refractivity contribution is 0.102. The predicted octanol–water partition coefficient (Wildman–Crippen LogP) is 5.63. The highest BCUT2D eigenvalue weighted by Crippen LogP contribution is 2.30. The van der Waals surface area contributed by atoms with E-state index in [9.17, 15) is 4.79 Å². The Morgan fingerprint density at radius 2 is 1.71 bits per heavy atom. The highest BCUT2D eigenvalue weighted by atomic mass is 35.5. The lowest BCUT2D eigenvalue weighted by atomic mass is 10.1. The molecule has 4 rings (SSSR count). The summed E-state index contributed by atoms with van der Waals surface area (Å²) in [7, 11) is 0. The Morgan fingerprint density at radius 1 is 1.04 bits per heavy atom. The number of rotatable bonds is 4. The summed E-state index contributed by atoms with van der Waals surface area (Å²) in [6.45, 7) is 0. The number of hydrogen-bond acceptors (Lipinski definition) is 5. The molecule has 2 aromatic carbocycles. The van der Waals surface area contributed by atoms with Gasteiger partial charge in [-0.25, -0.2) is 4.99 Å². The molecule has 0 unspecified atom stereocenters. The van der Waals surface area contributed by atoms with Crippen molar-refractivity contribution in [3.8, 4) is 0 Å². The maximum atomic E-state index is 12.6. The van der Waals surface area contributed by atoms with Crippen molar-refractivity contribution in [2.24, 2.45) is 4.99 Å². The lowest BCUT2D eigenvalue weighted by Crippen LogP contribution is -2.30. The van der Waals surface area contributed by atoms with Gasteiger partial charge in [-0.1, -0.05) is 35.0 Å². The number of halogens is 2. The standard InChI is InChI=1S/C21H15Cl2N3OS/c22-15-5-3-14(4-6-15)20(27)13-28-21-25-18-2-1-11-24-19(18)12-26(21)17-9-7-16(23)8-10-17/h1-12,24H,13H2. The second-order valence-electron chi connectivity index (χ2n) is 6.06. The average Bonchev–Trinajstić information content (AvgIpc) is 2.72. The molecule has 0 bridgehead atoms. The van der Waals surface area contributed by atoms with Crippen molar-refractivity contribution in [3.05, 3.63) is 100 Å². The zero-order valence-electron chi connectivity index (χ0n) is 14.6. The van der Waals surface area contributed by atoms with Crippen LogP contribution in [0.1, 0.15) is 10.4 Å². The highest BCUT2D eigenvalue weighted by molar-refractivity contribution is 8.14. The van der Waals surface area contributed by atoms with Crippen LogP contribution in [0.25, 0.3) is 0 Å². The largest absolute Gasteiger partial charge is 0.359 e. The third kappa shape index (κ3) is 4.17. The number of benzene rings is 2. The number of fused-ring (bicyclic) bond motifs is 1. The molecule has 0 amide bonds. The Bertz CT molecular complexity index is 1020. The molecule has 0 aromatic heterocycles. The molecule has 0 saturated heterocycles. The van der Waals surface area contributed by atoms with E-state index in [0.717, 1.165) is 22.2 Å². The summed E-state index contributed by atoms with van der Waals surface area (Å²) in [6.07, 6.45) is 7.66. The summed E-state index contributed by atoms with van der Waals surface area (Å²) in [4.78, 5) is 19.3. The molecule has 140 valence electrons. The monoisotopic (exact) mass is 427 g/mol. The van der Waals surface area contributed by atoms with Gasteiger partial charge in [0, 0.05) is 33.7 Å². The molecule has 2 heterocycles. The molecule has 4 nitrogen and oxygen atoms in total. The first-order valence-electron chi connectivity index (χ1n) is 8.51. The van der Waals surface area contributed by atoms with Crippen LogP contribution < -0.4 is 10.2 Å². The Kier molecular flexibility index (Phi) is 5.57. The van der Waals surface area contributed by atoms with Gasteiger partial charge >= 0.3 is 0 Å². The van der Waals surface area contributed by atoms with Crippen molar-refractivity contribution in [2.45, 2.75) is 0 Å². The number of dihydropyridines is 1. The minimum Gasteiger partial charge on any atom is -0.359 e. The van der Waals surface area contributed by atoms with Crippen LogP contribution in [0.4, 0.5) is 5.69 Å². The van der Waals surface area contributed by atoms with Crippen LogP contribution in [0.5, 0.6) is 0 Å². The van der Waals surface area contributed by atoms with Gasteiger partial charge in [-0.05, 0) is 60.7 Å². The minimum atomic E-state index is 0.0193. The van der Waals surface area contributed by atoms with Crippen molar-refractivity contribution in [3.63, 3.8) is 0 Å². The quantitative estimate of drug-likeness (QED) is 0.642. The number of carbonyl (C=O) groups excluding carboxylic acids is 1. The Morgan fingerprint density at radius 3 is 2.43 bits per heavy atom. The maximum absolute atomic E-state index is 12.6. The summed E-state index contributed by atoms with van der Waals surface area (Å²) >= 11 is 13.3. The second kappa shape index (κ2) is 8.27. The van der Waals surface area contributed by atoms with Gasteiger partial charge in [0.15, 0.2) is 11.0 Å². The van der Waals surface area contributed by atoms with Crippen LogP contribution in [0.2, 0.25) is 10.0 Å². The lowest BCUT2D eigenvalue weighted by Gasteiger charge is -2.28. The maximum Gasteiger partial charge on any atom is 0.173 e. The first-order valence-corrected chi connectivity index (χ1v) is 10.2. The fourth-order valence-corrected chi connectivity index (χ4v) is 3.86. The summed E-state index contributed by atoms with van der Waals surface area (Å²) < 4.78 is 0. The molecule has 0 saturated carbocycles. The summed E-state index contributed by atoms with van der Waals surface area (Å²) in [6, 6.07) is 14.4. The fourth-order valence-electron chi connectivity index (χ4n) is 2.72. The van der Waals surface area contributed by atoms with E-state index in [1.54, 1.807) is 24.3 Å². The number of nitrogens with one attached hydrogen (secondary N) is 1. The van der Waals surface area contributed by atoms with Crippen LogP contribution in [0.3, 0.4) is 0 Å². The van der Waals surface area contributed by atoms with Gasteiger partial charge in [-0.2, -0.15) is 0 Å². The van der Waals surface area contributed by atoms with Crippen molar-refractivity contribution in [1.29, 1.82) is 0 Å². The molecule has 0 aliphatic carbocycles. The zero-order chi connectivity index (χ0) is 19.5. The normalized spacial score (nSPS) is 15.2. The van der Waals surface area contributed by atoms with E-state index in [0.29, 0.717) is 15.6 Å². The molecular weight excluding hydrogens is 413 g/mol. The van der Waals surface area contributed by atoms with E-state index in [4.69, 9.17) is 28.2 Å². The van der Waals surface area contributed by atoms with E-state index in [1.807, 2.05) is 53.7 Å². The molecule has 7 heteroatoms. The number of nitrogens with zero attached hydrogens (tertiary/aromatic N) is 2. The second-order valence-corrected chi connectivity index (χ2v) is 7.87. The summed E-state index contributed by atoms with van der Waals surface area (Å²) in [5.74, 6) is 0.287. The predicted molar refractivity (Wildman–Crippen MR) is 118 cm³/mol. The SMILES string of the molecule is O=C(CSC1=NC2=CC=CNC2=CN1c1ccc(Cl)cc1)c1ccc(Cl)cc1. The molecular formula is C21H15Cl2N3OS. The van der Waals surface area contributed by atoms with Gasteiger partial charge in [0.05, 0.1) is 17.1 Å². The number of anilines is 1. The van der Waals surface area contributed by atoms with Crippen LogP contribution in [-0.4, -0.2) is 16.7 Å². The molecule has 28 heavy (non-hydrogen) atoms. The third-order valence-electron chi connectivity index (χ3n) is 4.15. The van der Waals surface area contributed by atoms with E-state index in [2.05, 4.69) is 5.32 Å². The van der Waals surface area contributed by atoms with Gasteiger partial charge in [-0.3, -0.25) is 9.69 Å². The van der Waals surface area contributed by atoms with E-state index < -0.39 is 0 Å². The number of carbonyl (C=O) groups is 1. The van der Waals surface area contributed by atoms with Crippen LogP contribution in [-0.2, 0) is 0 Å². The fraction of sp³-hybridized carbons (Fsp3) is 0.0476. The number of hydrogen-bond donors (Lipinski definition) is 1. The van der Waals surface area contributed by atoms with Gasteiger partial charge in [-0.15, -0.1) is 0 Å². The van der Waals surface area contributed by atoms with Crippen molar-refractivity contribution < 1.29 is 4.79 Å². The molecule has 0 fully saturated rings. The first-order chi connectivity index (χ1) is 13.6. The zero-order valence-corrected chi connectivity index (χ0v) is 16.9. The summed E-state index contributed by atoms with van der Waals surface area (Å²) in [5.41, 5.74) is 3.27. The molecule has 2 aromatic rings. The molecule has 1 N–H and O–H groups in total. The Balaban J connectivity index is 1.58. The average molecular weight is 428 g/mol. The van der Waals surface area contributed by atoms with Crippen molar-refractivity contribution in [1.82, 2.24) is 5.32 Å². The minimum absolute atomic E-state index is 0.0193. The molecule has 0 radical (unpaired) electrons. The molecule has 2 aliphatic rings. The third-order valence-corrected chi connectivity index (χ3v) is 5.61. The summed E-state index contributed by atoms with van der Waals surface area (Å²) in [5, 5.41) is 5.19. The van der Waals surface area contributed by atoms with E-state index in [1.165, 1.54) is 11.8 Å². The van der Waals surface area contributed by atoms with Crippen molar-refractivity contribution in [2.75, 3.05) is 10.7 Å². The highest BCUT2D eigenvalue weighted by Gasteiger charge is 2.22. The van der Waals surface area contributed by atoms with E-state index in [-0.39, 0.29) is 11.5 Å². The van der Waals surface area contributed by atoms with Crippen molar-refractivity contribution >= 4 is 51.6 Å².